The summed E-state index contributed by atoms with van der Waals surface area (Å²) >= 11 is 5.63. The van der Waals surface area contributed by atoms with E-state index in [9.17, 15) is 4.79 Å². The fraction of sp³-hybridized carbons (Fsp3) is 0.500. The Bertz CT molecular complexity index is 669. The van der Waals surface area contributed by atoms with Crippen LogP contribution in [0, 0.1) is 0 Å². The molecule has 0 radical (unpaired) electrons. The molecule has 124 valence electrons. The van der Waals surface area contributed by atoms with Gasteiger partial charge in [-0.2, -0.15) is 0 Å². The number of ether oxygens (including phenoxy) is 1. The molecule has 1 aromatic heterocycles. The number of rotatable bonds is 6. The summed E-state index contributed by atoms with van der Waals surface area (Å²) in [6.07, 6.45) is 7.00. The van der Waals surface area contributed by atoms with Gasteiger partial charge in [-0.05, 0) is 43.5 Å². The highest BCUT2D eigenvalue weighted by Crippen LogP contribution is 2.31. The van der Waals surface area contributed by atoms with Crippen LogP contribution in [0.3, 0.4) is 0 Å². The Balaban J connectivity index is 1.73. The molecule has 0 amide bonds. The lowest BCUT2D eigenvalue weighted by Crippen LogP contribution is -2.13. The van der Waals surface area contributed by atoms with Crippen molar-refractivity contribution in [3.63, 3.8) is 0 Å². The molecule has 2 aromatic rings. The van der Waals surface area contributed by atoms with Crippen molar-refractivity contribution in [3.05, 3.63) is 46.4 Å². The molecule has 1 saturated carbocycles. The lowest BCUT2D eigenvalue weighted by molar-refractivity contribution is 0.318. The van der Waals surface area contributed by atoms with E-state index in [1.807, 2.05) is 24.3 Å². The van der Waals surface area contributed by atoms with E-state index in [2.05, 4.69) is 5.10 Å². The van der Waals surface area contributed by atoms with Crippen molar-refractivity contribution in [1.82, 2.24) is 9.78 Å². The van der Waals surface area contributed by atoms with Crippen LogP contribution in [-0.4, -0.2) is 22.3 Å². The molecule has 5 heteroatoms. The van der Waals surface area contributed by atoms with Gasteiger partial charge in [-0.3, -0.25) is 9.89 Å². The zero-order valence-corrected chi connectivity index (χ0v) is 14.0. The first-order valence-corrected chi connectivity index (χ1v) is 8.92. The minimum absolute atomic E-state index is 0.00128. The van der Waals surface area contributed by atoms with Gasteiger partial charge >= 0.3 is 0 Å². The maximum absolute atomic E-state index is 12.3. The molecule has 3 rings (SSSR count). The largest absolute Gasteiger partial charge is 0.494 e. The number of nitrogens with zero attached hydrogens (tertiary/aromatic N) is 1. The summed E-state index contributed by atoms with van der Waals surface area (Å²) in [7, 11) is 0. The van der Waals surface area contributed by atoms with E-state index in [1.54, 1.807) is 10.7 Å². The van der Waals surface area contributed by atoms with Crippen LogP contribution in [0.25, 0.3) is 5.69 Å². The van der Waals surface area contributed by atoms with Gasteiger partial charge < -0.3 is 4.74 Å². The second-order valence-electron chi connectivity index (χ2n) is 6.10. The molecule has 1 aliphatic rings. The van der Waals surface area contributed by atoms with E-state index in [0.717, 1.165) is 23.6 Å². The molecule has 0 atom stereocenters. The molecule has 23 heavy (non-hydrogen) atoms. The molecule has 1 fully saturated rings. The van der Waals surface area contributed by atoms with Crippen LogP contribution in [0.5, 0.6) is 5.75 Å². The summed E-state index contributed by atoms with van der Waals surface area (Å²) in [4.78, 5) is 12.3. The van der Waals surface area contributed by atoms with Gasteiger partial charge in [0, 0.05) is 23.6 Å². The van der Waals surface area contributed by atoms with Crippen LogP contribution < -0.4 is 10.3 Å². The number of alkyl halides is 1. The van der Waals surface area contributed by atoms with Crippen LogP contribution in [0.15, 0.2) is 35.1 Å². The summed E-state index contributed by atoms with van der Waals surface area (Å²) < 4.78 is 7.20. The van der Waals surface area contributed by atoms with Gasteiger partial charge in [-0.25, -0.2) is 4.68 Å². The Morgan fingerprint density at radius 3 is 2.61 bits per heavy atom. The highest BCUT2D eigenvalue weighted by atomic mass is 35.5. The molecular weight excluding hydrogens is 312 g/mol. The molecular formula is C18H23ClN2O2. The second kappa shape index (κ2) is 7.73. The number of hydrogen-bond acceptors (Lipinski definition) is 2. The van der Waals surface area contributed by atoms with Crippen molar-refractivity contribution in [1.29, 1.82) is 0 Å². The molecule has 1 heterocycles. The Hall–Kier alpha value is -1.68. The van der Waals surface area contributed by atoms with Crippen molar-refractivity contribution < 1.29 is 4.74 Å². The first-order chi connectivity index (χ1) is 11.3. The van der Waals surface area contributed by atoms with Crippen molar-refractivity contribution >= 4 is 11.6 Å². The lowest BCUT2D eigenvalue weighted by Gasteiger charge is -2.20. The van der Waals surface area contributed by atoms with Gasteiger partial charge in [0.2, 0.25) is 0 Å². The Morgan fingerprint density at radius 2 is 1.91 bits per heavy atom. The summed E-state index contributed by atoms with van der Waals surface area (Å²) in [5.74, 6) is 1.89. The van der Waals surface area contributed by atoms with Gasteiger partial charge in [-0.15, -0.1) is 11.6 Å². The fourth-order valence-electron chi connectivity index (χ4n) is 3.16. The van der Waals surface area contributed by atoms with Gasteiger partial charge in [0.25, 0.3) is 5.56 Å². The number of halogens is 1. The molecule has 4 nitrogen and oxygen atoms in total. The number of benzene rings is 1. The van der Waals surface area contributed by atoms with Crippen LogP contribution >= 0.6 is 11.6 Å². The first-order valence-electron chi connectivity index (χ1n) is 8.39. The van der Waals surface area contributed by atoms with Crippen molar-refractivity contribution in [3.8, 4) is 11.4 Å². The highest BCUT2D eigenvalue weighted by molar-refractivity contribution is 6.17. The molecule has 0 spiro atoms. The standard InChI is InChI=1S/C18H23ClN2O2/c19-11-4-12-23-16-9-7-15(8-10-16)21-18(22)13-17(20-21)14-5-2-1-3-6-14/h7-10,13-14,20H,1-6,11-12H2. The summed E-state index contributed by atoms with van der Waals surface area (Å²) in [5.41, 5.74) is 1.90. The molecule has 0 bridgehead atoms. The average molecular weight is 335 g/mol. The van der Waals surface area contributed by atoms with Gasteiger partial charge in [0.15, 0.2) is 0 Å². The molecule has 1 aromatic carbocycles. The molecule has 0 saturated heterocycles. The Morgan fingerprint density at radius 1 is 1.17 bits per heavy atom. The molecule has 1 N–H and O–H groups in total. The summed E-state index contributed by atoms with van der Waals surface area (Å²) in [6, 6.07) is 9.33. The van der Waals surface area contributed by atoms with E-state index in [0.29, 0.717) is 18.4 Å². The number of hydrogen-bond donors (Lipinski definition) is 1. The van der Waals surface area contributed by atoms with Gasteiger partial charge in [-0.1, -0.05) is 19.3 Å². The SMILES string of the molecule is O=c1cc(C2CCCCC2)[nH]n1-c1ccc(OCCCCl)cc1. The minimum Gasteiger partial charge on any atom is -0.494 e. The highest BCUT2D eigenvalue weighted by Gasteiger charge is 2.18. The van der Waals surface area contributed by atoms with E-state index in [-0.39, 0.29) is 5.56 Å². The van der Waals surface area contributed by atoms with E-state index in [1.165, 1.54) is 32.1 Å². The summed E-state index contributed by atoms with van der Waals surface area (Å²) in [6.45, 7) is 0.608. The molecule has 1 aliphatic carbocycles. The number of aromatic amines is 1. The third kappa shape index (κ3) is 3.99. The first kappa shape index (κ1) is 16.2. The minimum atomic E-state index is 0.00128. The zero-order valence-electron chi connectivity index (χ0n) is 13.3. The third-order valence-corrected chi connectivity index (χ3v) is 4.69. The fourth-order valence-corrected chi connectivity index (χ4v) is 3.27. The predicted octanol–water partition coefficient (Wildman–Crippen LogP) is 4.22. The van der Waals surface area contributed by atoms with Crippen LogP contribution in [0.4, 0.5) is 0 Å². The number of nitrogens with one attached hydrogen (secondary N) is 1. The Kier molecular flexibility index (Phi) is 5.44. The maximum atomic E-state index is 12.3. The third-order valence-electron chi connectivity index (χ3n) is 4.43. The maximum Gasteiger partial charge on any atom is 0.271 e. The normalized spacial score (nSPS) is 15.7. The molecule has 0 unspecified atom stereocenters. The number of H-pyrrole nitrogens is 1. The second-order valence-corrected chi connectivity index (χ2v) is 6.48. The monoisotopic (exact) mass is 334 g/mol. The van der Waals surface area contributed by atoms with E-state index in [4.69, 9.17) is 16.3 Å². The quantitative estimate of drug-likeness (QED) is 0.635. The van der Waals surface area contributed by atoms with E-state index >= 15 is 0 Å². The van der Waals surface area contributed by atoms with Crippen LogP contribution in [0.1, 0.15) is 50.1 Å². The smallest absolute Gasteiger partial charge is 0.271 e. The zero-order chi connectivity index (χ0) is 16.1. The van der Waals surface area contributed by atoms with E-state index < -0.39 is 0 Å². The predicted molar refractivity (Wildman–Crippen MR) is 93.0 cm³/mol. The Labute approximate surface area is 141 Å². The van der Waals surface area contributed by atoms with Crippen molar-refractivity contribution in [2.45, 2.75) is 44.4 Å². The van der Waals surface area contributed by atoms with Crippen molar-refractivity contribution in [2.75, 3.05) is 12.5 Å². The van der Waals surface area contributed by atoms with Gasteiger partial charge in [0.1, 0.15) is 5.75 Å². The lowest BCUT2D eigenvalue weighted by atomic mass is 9.87. The van der Waals surface area contributed by atoms with Gasteiger partial charge in [0.05, 0.1) is 12.3 Å². The molecule has 0 aliphatic heterocycles. The van der Waals surface area contributed by atoms with Crippen molar-refractivity contribution in [2.24, 2.45) is 0 Å². The van der Waals surface area contributed by atoms with Crippen LogP contribution in [0.2, 0.25) is 0 Å². The summed E-state index contributed by atoms with van der Waals surface area (Å²) in [5, 5.41) is 3.29. The van der Waals surface area contributed by atoms with Crippen LogP contribution in [-0.2, 0) is 0 Å². The average Bonchev–Trinajstić information content (AvgIpc) is 2.98. The number of aromatic nitrogens is 2. The topological polar surface area (TPSA) is 47.0 Å².